The van der Waals surface area contributed by atoms with Crippen LogP contribution in [0.25, 0.3) is 0 Å². The van der Waals surface area contributed by atoms with Crippen molar-refractivity contribution in [2.45, 2.75) is 51.2 Å². The van der Waals surface area contributed by atoms with E-state index in [0.717, 1.165) is 25.8 Å². The van der Waals surface area contributed by atoms with Crippen molar-refractivity contribution in [1.82, 2.24) is 10.6 Å². The number of nitrogens with one attached hydrogen (secondary N) is 2. The summed E-state index contributed by atoms with van der Waals surface area (Å²) in [5.74, 6) is 0.869. The first-order valence-electron chi connectivity index (χ1n) is 9.73. The third-order valence-electron chi connectivity index (χ3n) is 4.78. The summed E-state index contributed by atoms with van der Waals surface area (Å²) in [5, 5.41) is 6.49. The summed E-state index contributed by atoms with van der Waals surface area (Å²) in [6.45, 7) is 3.42. The number of hydrogen-bond donors (Lipinski definition) is 2. The minimum absolute atomic E-state index is 0. The van der Waals surface area contributed by atoms with Crippen molar-refractivity contribution in [3.63, 3.8) is 0 Å². The molecule has 1 aromatic rings. The van der Waals surface area contributed by atoms with Crippen LogP contribution >= 0.6 is 24.0 Å². The molecule has 1 aromatic carbocycles. The zero-order chi connectivity index (χ0) is 19.7. The molecule has 6 nitrogen and oxygen atoms in total. The van der Waals surface area contributed by atoms with E-state index in [4.69, 9.17) is 4.74 Å². The van der Waals surface area contributed by atoms with Crippen molar-refractivity contribution < 1.29 is 13.2 Å². The molecule has 0 saturated heterocycles. The third kappa shape index (κ3) is 9.09. The Hall–Kier alpha value is -0.870. The number of nitrogens with zero attached hydrogens (tertiary/aromatic N) is 1. The molecule has 28 heavy (non-hydrogen) atoms. The fourth-order valence-electron chi connectivity index (χ4n) is 3.28. The first kappa shape index (κ1) is 25.2. The largest absolute Gasteiger partial charge is 0.373 e. The molecule has 0 heterocycles. The summed E-state index contributed by atoms with van der Waals surface area (Å²) in [6.07, 6.45) is 6.34. The van der Waals surface area contributed by atoms with Gasteiger partial charge in [0.05, 0.1) is 11.9 Å². The van der Waals surface area contributed by atoms with Crippen LogP contribution in [-0.4, -0.2) is 52.6 Å². The maximum absolute atomic E-state index is 11.3. The molecule has 2 atom stereocenters. The monoisotopic (exact) mass is 523 g/mol. The molecule has 2 N–H and O–H groups in total. The highest BCUT2D eigenvalue weighted by molar-refractivity contribution is 14.0. The molecule has 0 saturated carbocycles. The van der Waals surface area contributed by atoms with Gasteiger partial charge in [0.15, 0.2) is 5.96 Å². The summed E-state index contributed by atoms with van der Waals surface area (Å²) in [5.41, 5.74) is 2.76. The van der Waals surface area contributed by atoms with Gasteiger partial charge in [-0.2, -0.15) is 0 Å². The standard InChI is InChI=1S/C20H33N3O3S.HI/c1-16(12-15-27(3,24)25)23-20(21-2)22-13-7-14-26-19-11-6-9-17-8-4-5-10-18(17)19;/h4-5,8,10,16,19H,6-7,9,11-15H2,1-3H3,(H2,21,22,23);1H. The van der Waals surface area contributed by atoms with Gasteiger partial charge < -0.3 is 15.4 Å². The van der Waals surface area contributed by atoms with Crippen LogP contribution in [0.1, 0.15) is 49.8 Å². The second-order valence-electron chi connectivity index (χ2n) is 7.27. The van der Waals surface area contributed by atoms with Crippen LogP contribution in [-0.2, 0) is 21.0 Å². The number of ether oxygens (including phenoxy) is 1. The highest BCUT2D eigenvalue weighted by Gasteiger charge is 2.19. The average molecular weight is 523 g/mol. The summed E-state index contributed by atoms with van der Waals surface area (Å²) in [4.78, 5) is 4.19. The third-order valence-corrected chi connectivity index (χ3v) is 5.75. The first-order chi connectivity index (χ1) is 12.9. The topological polar surface area (TPSA) is 79.8 Å². The molecule has 0 radical (unpaired) electrons. The molecule has 160 valence electrons. The minimum atomic E-state index is -2.93. The van der Waals surface area contributed by atoms with Gasteiger partial charge in [0.25, 0.3) is 0 Å². The van der Waals surface area contributed by atoms with Gasteiger partial charge in [0, 0.05) is 32.5 Å². The Morgan fingerprint density at radius 2 is 2.11 bits per heavy atom. The number of benzene rings is 1. The maximum Gasteiger partial charge on any atom is 0.191 e. The second kappa shape index (κ2) is 12.6. The summed E-state index contributed by atoms with van der Waals surface area (Å²) >= 11 is 0. The molecule has 0 bridgehead atoms. The molecule has 0 aromatic heterocycles. The fourth-order valence-corrected chi connectivity index (χ4v) is 4.06. The normalized spacial score (nSPS) is 18.0. The van der Waals surface area contributed by atoms with Crippen molar-refractivity contribution in [3.05, 3.63) is 35.4 Å². The number of guanidine groups is 1. The Morgan fingerprint density at radius 3 is 2.82 bits per heavy atom. The van der Waals surface area contributed by atoms with E-state index >= 15 is 0 Å². The summed E-state index contributed by atoms with van der Waals surface area (Å²) < 4.78 is 28.6. The number of hydrogen-bond acceptors (Lipinski definition) is 4. The predicted octanol–water partition coefficient (Wildman–Crippen LogP) is 3.08. The van der Waals surface area contributed by atoms with Gasteiger partial charge in [-0.15, -0.1) is 24.0 Å². The molecule has 1 aliphatic rings. The van der Waals surface area contributed by atoms with E-state index in [0.29, 0.717) is 19.0 Å². The van der Waals surface area contributed by atoms with Crippen molar-refractivity contribution >= 4 is 39.8 Å². The van der Waals surface area contributed by atoms with Crippen LogP contribution in [0.5, 0.6) is 0 Å². The minimum Gasteiger partial charge on any atom is -0.373 e. The van der Waals surface area contributed by atoms with E-state index in [2.05, 4.69) is 39.9 Å². The number of halogens is 1. The zero-order valence-electron chi connectivity index (χ0n) is 17.1. The van der Waals surface area contributed by atoms with E-state index in [9.17, 15) is 8.42 Å². The Bertz CT molecular complexity index is 725. The predicted molar refractivity (Wildman–Crippen MR) is 126 cm³/mol. The lowest BCUT2D eigenvalue weighted by atomic mass is 9.89. The van der Waals surface area contributed by atoms with Crippen LogP contribution in [0.15, 0.2) is 29.3 Å². The van der Waals surface area contributed by atoms with Gasteiger partial charge in [0.2, 0.25) is 0 Å². The van der Waals surface area contributed by atoms with Gasteiger partial charge >= 0.3 is 0 Å². The average Bonchev–Trinajstić information content (AvgIpc) is 2.64. The van der Waals surface area contributed by atoms with Gasteiger partial charge in [-0.1, -0.05) is 24.3 Å². The van der Waals surface area contributed by atoms with Crippen molar-refractivity contribution in [2.24, 2.45) is 4.99 Å². The molecule has 2 unspecified atom stereocenters. The van der Waals surface area contributed by atoms with Gasteiger partial charge in [-0.25, -0.2) is 8.42 Å². The lowest BCUT2D eigenvalue weighted by molar-refractivity contribution is 0.0398. The van der Waals surface area contributed by atoms with Crippen LogP contribution in [0.4, 0.5) is 0 Å². The maximum atomic E-state index is 11.3. The summed E-state index contributed by atoms with van der Waals surface area (Å²) in [6, 6.07) is 8.61. The Labute approximate surface area is 186 Å². The van der Waals surface area contributed by atoms with E-state index in [1.165, 1.54) is 23.8 Å². The van der Waals surface area contributed by atoms with Gasteiger partial charge in [-0.05, 0) is 50.2 Å². The highest BCUT2D eigenvalue weighted by Crippen LogP contribution is 2.32. The van der Waals surface area contributed by atoms with Gasteiger partial charge in [0.1, 0.15) is 9.84 Å². The number of fused-ring (bicyclic) bond motifs is 1. The highest BCUT2D eigenvalue weighted by atomic mass is 127. The second-order valence-corrected chi connectivity index (χ2v) is 9.53. The van der Waals surface area contributed by atoms with Crippen LogP contribution in [0.2, 0.25) is 0 Å². The SMILES string of the molecule is CN=C(NCCCOC1CCCc2ccccc21)NC(C)CCS(C)(=O)=O.I. The number of rotatable bonds is 9. The van der Waals surface area contributed by atoms with Crippen LogP contribution < -0.4 is 10.6 Å². The molecular weight excluding hydrogens is 489 g/mol. The number of aliphatic imine (C=N–C) groups is 1. The smallest absolute Gasteiger partial charge is 0.191 e. The molecule has 1 aliphatic carbocycles. The van der Waals surface area contributed by atoms with Crippen molar-refractivity contribution in [2.75, 3.05) is 32.2 Å². The fraction of sp³-hybridized carbons (Fsp3) is 0.650. The first-order valence-corrected chi connectivity index (χ1v) is 11.8. The number of sulfone groups is 1. The molecule has 0 aliphatic heterocycles. The molecule has 0 fully saturated rings. The lowest BCUT2D eigenvalue weighted by Crippen LogP contribution is -2.43. The molecule has 0 amide bonds. The van der Waals surface area contributed by atoms with Crippen LogP contribution in [0, 0.1) is 0 Å². The zero-order valence-corrected chi connectivity index (χ0v) is 20.3. The molecule has 2 rings (SSSR count). The molecule has 8 heteroatoms. The van der Waals surface area contributed by atoms with Gasteiger partial charge in [-0.3, -0.25) is 4.99 Å². The number of aryl methyl sites for hydroxylation is 1. The van der Waals surface area contributed by atoms with E-state index in [1.807, 2.05) is 6.92 Å². The van der Waals surface area contributed by atoms with Crippen LogP contribution in [0.3, 0.4) is 0 Å². The van der Waals surface area contributed by atoms with Crippen molar-refractivity contribution in [3.8, 4) is 0 Å². The van der Waals surface area contributed by atoms with E-state index in [1.54, 1.807) is 7.05 Å². The lowest BCUT2D eigenvalue weighted by Gasteiger charge is -2.25. The Kier molecular flexibility index (Phi) is 11.4. The van der Waals surface area contributed by atoms with Crippen molar-refractivity contribution in [1.29, 1.82) is 0 Å². The van der Waals surface area contributed by atoms with E-state index < -0.39 is 9.84 Å². The Morgan fingerprint density at radius 1 is 1.36 bits per heavy atom. The summed E-state index contributed by atoms with van der Waals surface area (Å²) in [7, 11) is -1.22. The quantitative estimate of drug-likeness (QED) is 0.225. The Balaban J connectivity index is 0.00000392. The molecule has 0 spiro atoms. The van der Waals surface area contributed by atoms with E-state index in [-0.39, 0.29) is 41.9 Å². The molecular formula is C20H34IN3O3S.